The number of thioether (sulfide) groups is 1. The largest absolute Gasteiger partial charge is 0.493 e. The highest BCUT2D eigenvalue weighted by Crippen LogP contribution is 2.36. The van der Waals surface area contributed by atoms with E-state index in [1.165, 1.54) is 17.8 Å². The van der Waals surface area contributed by atoms with Crippen LogP contribution in [-0.2, 0) is 24.8 Å². The average Bonchev–Trinajstić information content (AvgIpc) is 2.59. The zero-order chi connectivity index (χ0) is 18.0. The highest BCUT2D eigenvalue weighted by molar-refractivity contribution is 7.98. The lowest BCUT2D eigenvalue weighted by atomic mass is 9.90. The second-order valence-corrected chi connectivity index (χ2v) is 6.91. The van der Waals surface area contributed by atoms with E-state index in [4.69, 9.17) is 5.41 Å². The van der Waals surface area contributed by atoms with Crippen molar-refractivity contribution in [3.63, 3.8) is 0 Å². The molecule has 1 aliphatic rings. The first-order chi connectivity index (χ1) is 11.9. The molecule has 0 fully saturated rings. The molecule has 1 aliphatic carbocycles. The van der Waals surface area contributed by atoms with E-state index in [0.717, 1.165) is 55.2 Å². The summed E-state index contributed by atoms with van der Waals surface area (Å²) in [5.41, 5.74) is 2.31. The molecular formula is C18H17F3N2OS. The van der Waals surface area contributed by atoms with Crippen molar-refractivity contribution in [2.75, 3.05) is 0 Å². The molecule has 7 heteroatoms. The summed E-state index contributed by atoms with van der Waals surface area (Å²) in [5.74, 6) is 0.161. The van der Waals surface area contributed by atoms with Crippen molar-refractivity contribution in [2.45, 2.75) is 42.6 Å². The number of aromatic nitrogens is 1. The maximum atomic E-state index is 12.8. The van der Waals surface area contributed by atoms with E-state index < -0.39 is 11.7 Å². The normalized spacial score (nSPS) is 14.2. The topological polar surface area (TPSA) is 57.0 Å². The van der Waals surface area contributed by atoms with Gasteiger partial charge in [0, 0.05) is 12.0 Å². The van der Waals surface area contributed by atoms with Crippen LogP contribution in [0, 0.1) is 5.41 Å². The van der Waals surface area contributed by atoms with E-state index >= 15 is 0 Å². The highest BCUT2D eigenvalue weighted by atomic mass is 32.2. The molecule has 0 atom stereocenters. The van der Waals surface area contributed by atoms with Crippen LogP contribution < -0.4 is 0 Å². The first-order valence-corrected chi connectivity index (χ1v) is 8.93. The molecule has 3 rings (SSSR count). The van der Waals surface area contributed by atoms with Gasteiger partial charge in [-0.15, -0.1) is 11.8 Å². The monoisotopic (exact) mass is 366 g/mol. The van der Waals surface area contributed by atoms with Gasteiger partial charge in [0.15, 0.2) is 0 Å². The zero-order valence-corrected chi connectivity index (χ0v) is 14.2. The minimum Gasteiger partial charge on any atom is -0.493 e. The van der Waals surface area contributed by atoms with Crippen LogP contribution in [-0.4, -0.2) is 16.3 Å². The molecule has 1 heterocycles. The van der Waals surface area contributed by atoms with Gasteiger partial charge in [-0.1, -0.05) is 18.2 Å². The second-order valence-electron chi connectivity index (χ2n) is 5.95. The zero-order valence-electron chi connectivity index (χ0n) is 13.4. The van der Waals surface area contributed by atoms with E-state index in [-0.39, 0.29) is 5.88 Å². The van der Waals surface area contributed by atoms with Crippen molar-refractivity contribution in [3.8, 4) is 5.88 Å². The maximum absolute atomic E-state index is 12.8. The summed E-state index contributed by atoms with van der Waals surface area (Å²) >= 11 is 1.33. The van der Waals surface area contributed by atoms with Crippen molar-refractivity contribution >= 4 is 18.0 Å². The SMILES string of the molecule is N=Cc1c(O)nc(SCc2cccc(C(F)(F)F)c2)c2c1CCCC2. The van der Waals surface area contributed by atoms with Crippen LogP contribution in [0.4, 0.5) is 13.2 Å². The number of aromatic hydroxyl groups is 1. The molecule has 0 saturated carbocycles. The Labute approximate surface area is 147 Å². The van der Waals surface area contributed by atoms with Crippen LogP contribution in [0.15, 0.2) is 29.3 Å². The molecule has 2 aromatic rings. The Balaban J connectivity index is 1.87. The van der Waals surface area contributed by atoms with Gasteiger partial charge in [0.05, 0.1) is 11.1 Å². The maximum Gasteiger partial charge on any atom is 0.416 e. The number of alkyl halides is 3. The van der Waals surface area contributed by atoms with Gasteiger partial charge in [0.1, 0.15) is 5.03 Å². The number of rotatable bonds is 4. The molecular weight excluding hydrogens is 349 g/mol. The molecule has 1 aromatic carbocycles. The fourth-order valence-electron chi connectivity index (χ4n) is 3.06. The van der Waals surface area contributed by atoms with Gasteiger partial charge in [-0.05, 0) is 48.4 Å². The van der Waals surface area contributed by atoms with E-state index in [1.807, 2.05) is 0 Å². The third-order valence-electron chi connectivity index (χ3n) is 4.27. The number of halogens is 3. The predicted molar refractivity (Wildman–Crippen MR) is 91.4 cm³/mol. The molecule has 0 bridgehead atoms. The van der Waals surface area contributed by atoms with Crippen molar-refractivity contribution in [2.24, 2.45) is 0 Å². The van der Waals surface area contributed by atoms with E-state index in [1.54, 1.807) is 6.07 Å². The fourth-order valence-corrected chi connectivity index (χ4v) is 4.09. The Bertz CT molecular complexity index is 806. The smallest absolute Gasteiger partial charge is 0.416 e. The fraction of sp³-hybridized carbons (Fsp3) is 0.333. The summed E-state index contributed by atoms with van der Waals surface area (Å²) in [5, 5.41) is 18.2. The quantitative estimate of drug-likeness (QED) is 0.593. The standard InChI is InChI=1S/C18H17F3N2OS/c19-18(20,21)12-5-3-4-11(8-12)10-25-17-14-7-2-1-6-13(14)15(9-22)16(24)23-17/h3-5,8-9,22H,1-2,6-7,10H2,(H,23,24). The van der Waals surface area contributed by atoms with Crippen LogP contribution >= 0.6 is 11.8 Å². The van der Waals surface area contributed by atoms with Crippen LogP contribution in [0.2, 0.25) is 0 Å². The molecule has 2 N–H and O–H groups in total. The Kier molecular flexibility index (Phi) is 5.03. The van der Waals surface area contributed by atoms with Crippen molar-refractivity contribution in [1.29, 1.82) is 5.41 Å². The van der Waals surface area contributed by atoms with Gasteiger partial charge in [-0.2, -0.15) is 13.2 Å². The molecule has 0 radical (unpaired) electrons. The Morgan fingerprint density at radius 1 is 1.20 bits per heavy atom. The number of nitrogens with zero attached hydrogens (tertiary/aromatic N) is 1. The van der Waals surface area contributed by atoms with Crippen molar-refractivity contribution in [3.05, 3.63) is 52.1 Å². The Morgan fingerprint density at radius 3 is 2.60 bits per heavy atom. The van der Waals surface area contributed by atoms with E-state index in [2.05, 4.69) is 4.98 Å². The number of nitrogens with one attached hydrogen (secondary N) is 1. The number of benzene rings is 1. The lowest BCUT2D eigenvalue weighted by Gasteiger charge is -2.21. The Hall–Kier alpha value is -2.02. The van der Waals surface area contributed by atoms with Crippen LogP contribution in [0.25, 0.3) is 0 Å². The summed E-state index contributed by atoms with van der Waals surface area (Å²) in [6.07, 6.45) is 0.361. The molecule has 0 spiro atoms. The van der Waals surface area contributed by atoms with Crippen molar-refractivity contribution in [1.82, 2.24) is 4.98 Å². The van der Waals surface area contributed by atoms with Gasteiger partial charge in [-0.3, -0.25) is 0 Å². The number of pyridine rings is 1. The first-order valence-electron chi connectivity index (χ1n) is 7.94. The summed E-state index contributed by atoms with van der Waals surface area (Å²) in [4.78, 5) is 4.19. The average molecular weight is 366 g/mol. The summed E-state index contributed by atoms with van der Waals surface area (Å²) < 4.78 is 38.5. The lowest BCUT2D eigenvalue weighted by molar-refractivity contribution is -0.137. The summed E-state index contributed by atoms with van der Waals surface area (Å²) in [6, 6.07) is 5.25. The number of hydrogen-bond donors (Lipinski definition) is 2. The van der Waals surface area contributed by atoms with E-state index in [9.17, 15) is 18.3 Å². The first kappa shape index (κ1) is 17.8. The van der Waals surface area contributed by atoms with Gasteiger partial charge in [-0.25, -0.2) is 4.98 Å². The minimum atomic E-state index is -4.36. The van der Waals surface area contributed by atoms with Crippen LogP contribution in [0.1, 0.15) is 40.7 Å². The van der Waals surface area contributed by atoms with Crippen LogP contribution in [0.5, 0.6) is 5.88 Å². The van der Waals surface area contributed by atoms with Gasteiger partial charge < -0.3 is 10.5 Å². The highest BCUT2D eigenvalue weighted by Gasteiger charge is 2.30. The third-order valence-corrected chi connectivity index (χ3v) is 5.36. The lowest BCUT2D eigenvalue weighted by Crippen LogP contribution is -2.10. The van der Waals surface area contributed by atoms with Crippen LogP contribution in [0.3, 0.4) is 0 Å². The number of fused-ring (bicyclic) bond motifs is 1. The molecule has 0 amide bonds. The summed E-state index contributed by atoms with van der Waals surface area (Å²) in [6.45, 7) is 0. The van der Waals surface area contributed by atoms with Gasteiger partial charge >= 0.3 is 6.18 Å². The predicted octanol–water partition coefficient (Wildman–Crippen LogP) is 4.97. The molecule has 25 heavy (non-hydrogen) atoms. The number of hydrogen-bond acceptors (Lipinski definition) is 4. The molecule has 0 saturated heterocycles. The molecule has 1 aromatic heterocycles. The second kappa shape index (κ2) is 7.07. The van der Waals surface area contributed by atoms with Gasteiger partial charge in [0.25, 0.3) is 0 Å². The van der Waals surface area contributed by atoms with Gasteiger partial charge in [0.2, 0.25) is 5.88 Å². The molecule has 0 aliphatic heterocycles. The molecule has 3 nitrogen and oxygen atoms in total. The molecule has 132 valence electrons. The summed E-state index contributed by atoms with van der Waals surface area (Å²) in [7, 11) is 0. The molecule has 0 unspecified atom stereocenters. The Morgan fingerprint density at radius 2 is 1.92 bits per heavy atom. The minimum absolute atomic E-state index is 0.179. The van der Waals surface area contributed by atoms with Crippen molar-refractivity contribution < 1.29 is 18.3 Å². The van der Waals surface area contributed by atoms with E-state index in [0.29, 0.717) is 21.9 Å². The third kappa shape index (κ3) is 3.81.